The van der Waals surface area contributed by atoms with E-state index in [0.717, 1.165) is 37.1 Å². The summed E-state index contributed by atoms with van der Waals surface area (Å²) in [5.74, 6) is 1.49. The molecule has 1 aliphatic rings. The van der Waals surface area contributed by atoms with Gasteiger partial charge in [-0.2, -0.15) is 5.10 Å². The number of carbonyl (C=O) groups excluding carboxylic acids is 1. The SMILES string of the molecule is CCCCOc1ccc(C(=O)N2CCCC(c3nn(C)c(=O)n3-c3ccccc3)C2)cc1. The minimum absolute atomic E-state index is 0.000604. The number of aryl methyl sites for hydroxylation is 1. The third-order valence-electron chi connectivity index (χ3n) is 5.91. The van der Waals surface area contributed by atoms with E-state index in [1.165, 1.54) is 4.68 Å². The number of hydrogen-bond acceptors (Lipinski definition) is 4. The number of likely N-dealkylation sites (tertiary alicyclic amines) is 1. The predicted molar refractivity (Wildman–Crippen MR) is 124 cm³/mol. The average Bonchev–Trinajstić information content (AvgIpc) is 3.14. The normalized spacial score (nSPS) is 16.2. The Kier molecular flexibility index (Phi) is 6.73. The number of piperidine rings is 1. The van der Waals surface area contributed by atoms with Gasteiger partial charge in [0.25, 0.3) is 5.91 Å². The van der Waals surface area contributed by atoms with Crippen molar-refractivity contribution in [3.63, 3.8) is 0 Å². The van der Waals surface area contributed by atoms with Gasteiger partial charge in [-0.3, -0.25) is 4.79 Å². The van der Waals surface area contributed by atoms with Gasteiger partial charge < -0.3 is 9.64 Å². The fourth-order valence-corrected chi connectivity index (χ4v) is 4.15. The van der Waals surface area contributed by atoms with Crippen molar-refractivity contribution in [2.24, 2.45) is 7.05 Å². The lowest BCUT2D eigenvalue weighted by atomic mass is 9.96. The van der Waals surface area contributed by atoms with Crippen molar-refractivity contribution >= 4 is 5.91 Å². The zero-order chi connectivity index (χ0) is 22.5. The van der Waals surface area contributed by atoms with Crippen LogP contribution in [0, 0.1) is 0 Å². The van der Waals surface area contributed by atoms with Crippen LogP contribution < -0.4 is 10.4 Å². The van der Waals surface area contributed by atoms with Gasteiger partial charge in [-0.25, -0.2) is 14.0 Å². The van der Waals surface area contributed by atoms with Crippen LogP contribution in [0.15, 0.2) is 59.4 Å². The second-order valence-electron chi connectivity index (χ2n) is 8.25. The molecule has 7 nitrogen and oxygen atoms in total. The molecule has 2 heterocycles. The summed E-state index contributed by atoms with van der Waals surface area (Å²) in [6.07, 6.45) is 3.85. The quantitative estimate of drug-likeness (QED) is 0.531. The highest BCUT2D eigenvalue weighted by atomic mass is 16.5. The molecule has 1 aromatic heterocycles. The van der Waals surface area contributed by atoms with Gasteiger partial charge >= 0.3 is 5.69 Å². The first-order valence-electron chi connectivity index (χ1n) is 11.3. The maximum Gasteiger partial charge on any atom is 0.350 e. The summed E-state index contributed by atoms with van der Waals surface area (Å²) in [6, 6.07) is 16.9. The van der Waals surface area contributed by atoms with Crippen LogP contribution in [0.2, 0.25) is 0 Å². The van der Waals surface area contributed by atoms with Gasteiger partial charge in [-0.1, -0.05) is 31.5 Å². The maximum atomic E-state index is 13.2. The van der Waals surface area contributed by atoms with E-state index in [4.69, 9.17) is 4.74 Å². The van der Waals surface area contributed by atoms with Crippen molar-refractivity contribution in [2.45, 2.75) is 38.5 Å². The number of carbonyl (C=O) groups is 1. The summed E-state index contributed by atoms with van der Waals surface area (Å²) in [7, 11) is 1.67. The molecule has 168 valence electrons. The van der Waals surface area contributed by atoms with E-state index >= 15 is 0 Å². The Morgan fingerprint density at radius 2 is 1.88 bits per heavy atom. The summed E-state index contributed by atoms with van der Waals surface area (Å²) >= 11 is 0. The monoisotopic (exact) mass is 434 g/mol. The Labute approximate surface area is 188 Å². The molecule has 1 saturated heterocycles. The number of hydrogen-bond donors (Lipinski definition) is 0. The first-order chi connectivity index (χ1) is 15.6. The lowest BCUT2D eigenvalue weighted by molar-refractivity contribution is 0.0703. The van der Waals surface area contributed by atoms with Gasteiger partial charge in [0.1, 0.15) is 11.6 Å². The first kappa shape index (κ1) is 21.9. The van der Waals surface area contributed by atoms with Crippen molar-refractivity contribution in [1.82, 2.24) is 19.2 Å². The second-order valence-corrected chi connectivity index (χ2v) is 8.25. The first-order valence-corrected chi connectivity index (χ1v) is 11.3. The number of amides is 1. The van der Waals surface area contributed by atoms with Crippen LogP contribution >= 0.6 is 0 Å². The average molecular weight is 435 g/mol. The predicted octanol–water partition coefficient (Wildman–Crippen LogP) is 3.77. The molecule has 3 aromatic rings. The molecular weight excluding hydrogens is 404 g/mol. The summed E-state index contributed by atoms with van der Waals surface area (Å²) in [4.78, 5) is 27.8. The van der Waals surface area contributed by atoms with Crippen LogP contribution in [0.5, 0.6) is 5.75 Å². The van der Waals surface area contributed by atoms with Crippen molar-refractivity contribution in [1.29, 1.82) is 0 Å². The molecule has 0 bridgehead atoms. The van der Waals surface area contributed by atoms with Crippen LogP contribution in [-0.2, 0) is 7.05 Å². The highest BCUT2D eigenvalue weighted by Crippen LogP contribution is 2.27. The maximum absolute atomic E-state index is 13.2. The fourth-order valence-electron chi connectivity index (χ4n) is 4.15. The van der Waals surface area contributed by atoms with Crippen molar-refractivity contribution in [2.75, 3.05) is 19.7 Å². The lowest BCUT2D eigenvalue weighted by Gasteiger charge is -2.32. The van der Waals surface area contributed by atoms with E-state index in [0.29, 0.717) is 31.1 Å². The van der Waals surface area contributed by atoms with Gasteiger partial charge in [0, 0.05) is 31.6 Å². The largest absolute Gasteiger partial charge is 0.494 e. The molecule has 0 spiro atoms. The second kappa shape index (κ2) is 9.85. The summed E-state index contributed by atoms with van der Waals surface area (Å²) in [5.41, 5.74) is 1.27. The third-order valence-corrected chi connectivity index (χ3v) is 5.91. The van der Waals surface area contributed by atoms with Crippen molar-refractivity contribution in [3.8, 4) is 11.4 Å². The molecule has 4 rings (SSSR count). The minimum atomic E-state index is -0.173. The van der Waals surface area contributed by atoms with Crippen molar-refractivity contribution < 1.29 is 9.53 Å². The summed E-state index contributed by atoms with van der Waals surface area (Å²) in [5, 5.41) is 4.54. The van der Waals surface area contributed by atoms with Crippen LogP contribution in [0.25, 0.3) is 5.69 Å². The van der Waals surface area contributed by atoms with Gasteiger partial charge in [-0.15, -0.1) is 0 Å². The van der Waals surface area contributed by atoms with E-state index < -0.39 is 0 Å². The molecule has 1 aliphatic heterocycles. The molecular formula is C25H30N4O3. The van der Waals surface area contributed by atoms with Gasteiger partial charge in [0.2, 0.25) is 0 Å². The number of nitrogens with zero attached hydrogens (tertiary/aromatic N) is 4. The molecule has 0 saturated carbocycles. The van der Waals surface area contributed by atoms with E-state index in [2.05, 4.69) is 12.0 Å². The number of aromatic nitrogens is 3. The molecule has 1 atom stereocenters. The number of ether oxygens (including phenoxy) is 1. The Morgan fingerprint density at radius 1 is 1.12 bits per heavy atom. The topological polar surface area (TPSA) is 69.4 Å². The Morgan fingerprint density at radius 3 is 2.59 bits per heavy atom. The minimum Gasteiger partial charge on any atom is -0.494 e. The third kappa shape index (κ3) is 4.61. The smallest absolute Gasteiger partial charge is 0.350 e. The summed E-state index contributed by atoms with van der Waals surface area (Å²) in [6.45, 7) is 4.05. The fraction of sp³-hybridized carbons (Fsp3) is 0.400. The number of benzene rings is 2. The lowest BCUT2D eigenvalue weighted by Crippen LogP contribution is -2.40. The van der Waals surface area contributed by atoms with E-state index in [1.54, 1.807) is 11.6 Å². The zero-order valence-electron chi connectivity index (χ0n) is 18.7. The van der Waals surface area contributed by atoms with E-state index in [9.17, 15) is 9.59 Å². The molecule has 0 aliphatic carbocycles. The zero-order valence-corrected chi connectivity index (χ0v) is 18.7. The van der Waals surface area contributed by atoms with Crippen LogP contribution in [0.3, 0.4) is 0 Å². The molecule has 2 aromatic carbocycles. The molecule has 32 heavy (non-hydrogen) atoms. The van der Waals surface area contributed by atoms with E-state index in [1.807, 2.05) is 59.5 Å². The molecule has 1 amide bonds. The molecule has 1 unspecified atom stereocenters. The number of unbranched alkanes of at least 4 members (excludes halogenated alkanes) is 1. The van der Waals surface area contributed by atoms with E-state index in [-0.39, 0.29) is 17.5 Å². The Balaban J connectivity index is 1.51. The standard InChI is InChI=1S/C25H30N4O3/c1-3-4-17-32-22-14-12-19(13-15-22)24(30)28-16-8-9-20(18-28)23-26-27(2)25(31)29(23)21-10-6-5-7-11-21/h5-7,10-15,20H,3-4,8-9,16-18H2,1-2H3. The molecule has 7 heteroatoms. The van der Waals surface area contributed by atoms with Gasteiger partial charge in [0.05, 0.1) is 12.3 Å². The van der Waals surface area contributed by atoms with Gasteiger partial charge in [-0.05, 0) is 55.7 Å². The molecule has 0 N–H and O–H groups in total. The van der Waals surface area contributed by atoms with Crippen LogP contribution in [0.4, 0.5) is 0 Å². The van der Waals surface area contributed by atoms with Crippen LogP contribution in [-0.4, -0.2) is 44.9 Å². The number of rotatable bonds is 7. The highest BCUT2D eigenvalue weighted by molar-refractivity contribution is 5.94. The molecule has 0 radical (unpaired) electrons. The summed E-state index contributed by atoms with van der Waals surface area (Å²) < 4.78 is 8.75. The van der Waals surface area contributed by atoms with Gasteiger partial charge in [0.15, 0.2) is 0 Å². The Hall–Kier alpha value is -3.35. The molecule has 1 fully saturated rings. The number of para-hydroxylation sites is 1. The van der Waals surface area contributed by atoms with Crippen molar-refractivity contribution in [3.05, 3.63) is 76.5 Å². The Bertz CT molecular complexity index is 1100. The van der Waals surface area contributed by atoms with Crippen LogP contribution in [0.1, 0.15) is 54.7 Å². The highest BCUT2D eigenvalue weighted by Gasteiger charge is 2.30.